The number of carbonyl (C=O) groups excluding carboxylic acids is 1. The van der Waals surface area contributed by atoms with Crippen molar-refractivity contribution in [2.24, 2.45) is 0 Å². The molecule has 0 saturated carbocycles. The van der Waals surface area contributed by atoms with Gasteiger partial charge in [-0.25, -0.2) is 4.79 Å². The Morgan fingerprint density at radius 2 is 1.96 bits per heavy atom. The Balaban J connectivity index is 1.59. The molecule has 2 heterocycles. The predicted octanol–water partition coefficient (Wildman–Crippen LogP) is 4.05. The van der Waals surface area contributed by atoms with Crippen LogP contribution < -0.4 is 5.69 Å². The van der Waals surface area contributed by atoms with E-state index in [2.05, 4.69) is 4.98 Å². The van der Waals surface area contributed by atoms with Gasteiger partial charge in [-0.15, -0.1) is 0 Å². The summed E-state index contributed by atoms with van der Waals surface area (Å²) in [5.41, 5.74) is 3.69. The molecule has 6 heteroatoms. The molecule has 0 aliphatic heterocycles. The average Bonchev–Trinajstić information content (AvgIpc) is 3.22. The molecule has 0 N–H and O–H groups in total. The van der Waals surface area contributed by atoms with E-state index >= 15 is 0 Å². The molecule has 2 aromatic heterocycles. The van der Waals surface area contributed by atoms with Crippen molar-refractivity contribution in [3.63, 3.8) is 0 Å². The normalized spacial score (nSPS) is 13.3. The van der Waals surface area contributed by atoms with Gasteiger partial charge in [-0.1, -0.05) is 41.6 Å². The SMILES string of the molecule is Cc1ccc(C(=O)CSc2nc(=O)n(Cc3ccco3)c3c2CCCC3)cc1. The van der Waals surface area contributed by atoms with E-state index in [1.54, 1.807) is 10.8 Å². The highest BCUT2D eigenvalue weighted by molar-refractivity contribution is 8.00. The number of fused-ring (bicyclic) bond motifs is 1. The van der Waals surface area contributed by atoms with Crippen LogP contribution in [-0.2, 0) is 19.4 Å². The van der Waals surface area contributed by atoms with Crippen LogP contribution in [0, 0.1) is 6.92 Å². The monoisotopic (exact) mass is 394 g/mol. The fourth-order valence-corrected chi connectivity index (χ4v) is 4.52. The maximum atomic E-state index is 12.7. The van der Waals surface area contributed by atoms with E-state index in [0.29, 0.717) is 17.1 Å². The second kappa shape index (κ2) is 8.19. The summed E-state index contributed by atoms with van der Waals surface area (Å²) in [7, 11) is 0. The molecule has 1 aromatic carbocycles. The fraction of sp³-hybridized carbons (Fsp3) is 0.318. The molecule has 0 amide bonds. The number of aryl methyl sites for hydroxylation is 1. The Morgan fingerprint density at radius 1 is 1.18 bits per heavy atom. The third-order valence-electron chi connectivity index (χ3n) is 5.06. The van der Waals surface area contributed by atoms with Gasteiger partial charge in [-0.05, 0) is 44.7 Å². The number of ketones is 1. The van der Waals surface area contributed by atoms with Crippen LogP contribution in [0.5, 0.6) is 0 Å². The molecule has 28 heavy (non-hydrogen) atoms. The first-order chi connectivity index (χ1) is 13.6. The predicted molar refractivity (Wildman–Crippen MR) is 109 cm³/mol. The molecule has 144 valence electrons. The number of aromatic nitrogens is 2. The first-order valence-electron chi connectivity index (χ1n) is 9.49. The van der Waals surface area contributed by atoms with E-state index in [0.717, 1.165) is 48.3 Å². The Bertz CT molecular complexity index is 1040. The van der Waals surface area contributed by atoms with Gasteiger partial charge in [0.1, 0.15) is 10.8 Å². The number of furan rings is 1. The first kappa shape index (κ1) is 18.7. The molecule has 0 spiro atoms. The minimum absolute atomic E-state index is 0.0520. The third kappa shape index (κ3) is 3.97. The van der Waals surface area contributed by atoms with Crippen LogP contribution in [0.15, 0.2) is 56.9 Å². The molecular formula is C22H22N2O3S. The quantitative estimate of drug-likeness (QED) is 0.359. The molecule has 0 unspecified atom stereocenters. The van der Waals surface area contributed by atoms with Crippen LogP contribution in [0.4, 0.5) is 0 Å². The van der Waals surface area contributed by atoms with E-state index in [4.69, 9.17) is 4.42 Å². The van der Waals surface area contributed by atoms with Crippen LogP contribution in [0.2, 0.25) is 0 Å². The van der Waals surface area contributed by atoms with Gasteiger partial charge < -0.3 is 4.42 Å². The van der Waals surface area contributed by atoms with Gasteiger partial charge in [0, 0.05) is 16.8 Å². The molecule has 4 rings (SSSR count). The van der Waals surface area contributed by atoms with Crippen molar-refractivity contribution in [3.8, 4) is 0 Å². The van der Waals surface area contributed by atoms with E-state index in [9.17, 15) is 9.59 Å². The highest BCUT2D eigenvalue weighted by atomic mass is 32.2. The Hall–Kier alpha value is -2.60. The molecule has 1 aliphatic carbocycles. The van der Waals surface area contributed by atoms with Gasteiger partial charge >= 0.3 is 5.69 Å². The highest BCUT2D eigenvalue weighted by Gasteiger charge is 2.21. The summed E-state index contributed by atoms with van der Waals surface area (Å²) in [6.07, 6.45) is 5.49. The van der Waals surface area contributed by atoms with E-state index < -0.39 is 0 Å². The van der Waals surface area contributed by atoms with Crippen LogP contribution in [0.25, 0.3) is 0 Å². The van der Waals surface area contributed by atoms with Gasteiger partial charge in [0.05, 0.1) is 18.6 Å². The maximum absolute atomic E-state index is 12.7. The van der Waals surface area contributed by atoms with Crippen molar-refractivity contribution in [2.75, 3.05) is 5.75 Å². The summed E-state index contributed by atoms with van der Waals surface area (Å²) >= 11 is 1.38. The number of hydrogen-bond acceptors (Lipinski definition) is 5. The zero-order valence-corrected chi connectivity index (χ0v) is 16.6. The molecule has 0 bridgehead atoms. The van der Waals surface area contributed by atoms with Crippen molar-refractivity contribution in [1.82, 2.24) is 9.55 Å². The maximum Gasteiger partial charge on any atom is 0.349 e. The van der Waals surface area contributed by atoms with Gasteiger partial charge in [-0.3, -0.25) is 9.36 Å². The average molecular weight is 394 g/mol. The van der Waals surface area contributed by atoms with Gasteiger partial charge in [0.25, 0.3) is 0 Å². The number of nitrogens with zero attached hydrogens (tertiary/aromatic N) is 2. The van der Waals surface area contributed by atoms with Crippen molar-refractivity contribution >= 4 is 17.5 Å². The zero-order valence-electron chi connectivity index (χ0n) is 15.8. The lowest BCUT2D eigenvalue weighted by molar-refractivity contribution is 0.102. The standard InChI is InChI=1S/C22H22N2O3S/c1-15-8-10-16(11-9-15)20(25)14-28-21-18-6-2-3-7-19(18)24(22(26)23-21)13-17-5-4-12-27-17/h4-5,8-12H,2-3,6-7,13-14H2,1H3. The van der Waals surface area contributed by atoms with Crippen molar-refractivity contribution in [3.05, 3.63) is 81.3 Å². The Morgan fingerprint density at radius 3 is 2.71 bits per heavy atom. The number of Topliss-reactive ketones (excluding diaryl/α,β-unsaturated/α-hetero) is 1. The van der Waals surface area contributed by atoms with Crippen molar-refractivity contribution < 1.29 is 9.21 Å². The summed E-state index contributed by atoms with van der Waals surface area (Å²) in [5.74, 6) is 1.08. The van der Waals surface area contributed by atoms with Crippen molar-refractivity contribution in [1.29, 1.82) is 0 Å². The Labute approximate surface area is 167 Å². The minimum atomic E-state index is -0.276. The van der Waals surface area contributed by atoms with Crippen LogP contribution in [0.3, 0.4) is 0 Å². The topological polar surface area (TPSA) is 65.1 Å². The van der Waals surface area contributed by atoms with E-state index in [1.807, 2.05) is 43.3 Å². The molecule has 3 aromatic rings. The Kier molecular flexibility index (Phi) is 5.48. The number of thioether (sulfide) groups is 1. The number of hydrogen-bond donors (Lipinski definition) is 0. The van der Waals surface area contributed by atoms with Gasteiger partial charge in [-0.2, -0.15) is 4.98 Å². The molecule has 0 fully saturated rings. The summed E-state index contributed by atoms with van der Waals surface area (Å²) in [6.45, 7) is 2.39. The third-order valence-corrected chi connectivity index (χ3v) is 6.08. The molecule has 5 nitrogen and oxygen atoms in total. The van der Waals surface area contributed by atoms with E-state index in [1.165, 1.54) is 11.8 Å². The van der Waals surface area contributed by atoms with Crippen LogP contribution in [0.1, 0.15) is 45.8 Å². The number of rotatable bonds is 6. The molecule has 0 saturated heterocycles. The van der Waals surface area contributed by atoms with Crippen LogP contribution >= 0.6 is 11.8 Å². The summed E-state index contributed by atoms with van der Waals surface area (Å²) in [4.78, 5) is 29.5. The highest BCUT2D eigenvalue weighted by Crippen LogP contribution is 2.29. The second-order valence-electron chi connectivity index (χ2n) is 7.08. The first-order valence-corrected chi connectivity index (χ1v) is 10.5. The summed E-state index contributed by atoms with van der Waals surface area (Å²) in [5, 5.41) is 0.704. The smallest absolute Gasteiger partial charge is 0.349 e. The van der Waals surface area contributed by atoms with Crippen molar-refractivity contribution in [2.45, 2.75) is 44.2 Å². The van der Waals surface area contributed by atoms with Gasteiger partial charge in [0.2, 0.25) is 0 Å². The molecular weight excluding hydrogens is 372 g/mol. The van der Waals surface area contributed by atoms with E-state index in [-0.39, 0.29) is 17.2 Å². The summed E-state index contributed by atoms with van der Waals surface area (Å²) in [6, 6.07) is 11.3. The zero-order chi connectivity index (χ0) is 19.5. The van der Waals surface area contributed by atoms with Gasteiger partial charge in [0.15, 0.2) is 5.78 Å². The fourth-order valence-electron chi connectivity index (χ4n) is 3.55. The summed E-state index contributed by atoms with van der Waals surface area (Å²) < 4.78 is 7.13. The molecule has 0 atom stereocenters. The lowest BCUT2D eigenvalue weighted by Crippen LogP contribution is -2.30. The number of carbonyl (C=O) groups is 1. The largest absolute Gasteiger partial charge is 0.467 e. The lowest BCUT2D eigenvalue weighted by atomic mass is 9.97. The molecule has 1 aliphatic rings. The molecule has 0 radical (unpaired) electrons. The second-order valence-corrected chi connectivity index (χ2v) is 8.04. The van der Waals surface area contributed by atoms with Crippen LogP contribution in [-0.4, -0.2) is 21.1 Å². The minimum Gasteiger partial charge on any atom is -0.467 e. The lowest BCUT2D eigenvalue weighted by Gasteiger charge is -2.22. The number of benzene rings is 1.